The third-order valence-corrected chi connectivity index (χ3v) is 5.32. The molecule has 0 radical (unpaired) electrons. The standard InChI is InChI=1S/C17H26N2O4S/c1-12-8-13(2)10-15(9-12)19(24(4,21)22)14(3)17(20)18-11-16-6-5-7-23-16/h8-10,14,16H,5-7,11H2,1-4H3,(H,18,20)/t14-,16-/m0/s1. The van der Waals surface area contributed by atoms with E-state index in [1.54, 1.807) is 19.1 Å². The van der Waals surface area contributed by atoms with Gasteiger partial charge in [0.15, 0.2) is 0 Å². The van der Waals surface area contributed by atoms with Crippen molar-refractivity contribution in [2.75, 3.05) is 23.7 Å². The fourth-order valence-corrected chi connectivity index (χ4v) is 4.21. The van der Waals surface area contributed by atoms with E-state index < -0.39 is 16.1 Å². The van der Waals surface area contributed by atoms with Crippen LogP contribution in [0, 0.1) is 13.8 Å². The molecular weight excluding hydrogens is 328 g/mol. The lowest BCUT2D eigenvalue weighted by Crippen LogP contribution is -2.49. The Labute approximate surface area is 144 Å². The number of amides is 1. The number of nitrogens with one attached hydrogen (secondary N) is 1. The van der Waals surface area contributed by atoms with Crippen molar-refractivity contribution >= 4 is 21.6 Å². The molecule has 0 aliphatic carbocycles. The fourth-order valence-electron chi connectivity index (χ4n) is 3.05. The number of benzene rings is 1. The summed E-state index contributed by atoms with van der Waals surface area (Å²) in [6.07, 6.45) is 3.05. The number of anilines is 1. The lowest BCUT2D eigenvalue weighted by atomic mass is 10.1. The number of sulfonamides is 1. The summed E-state index contributed by atoms with van der Waals surface area (Å²) in [7, 11) is -3.59. The number of hydrogen-bond donors (Lipinski definition) is 1. The Morgan fingerprint density at radius 3 is 2.46 bits per heavy atom. The number of aryl methyl sites for hydroxylation is 2. The molecule has 1 amide bonds. The maximum Gasteiger partial charge on any atom is 0.243 e. The second-order valence-electron chi connectivity index (χ2n) is 6.46. The number of ether oxygens (including phenoxy) is 1. The van der Waals surface area contributed by atoms with Gasteiger partial charge in [0.05, 0.1) is 18.0 Å². The summed E-state index contributed by atoms with van der Waals surface area (Å²) < 4.78 is 31.2. The molecule has 0 bridgehead atoms. The highest BCUT2D eigenvalue weighted by Gasteiger charge is 2.30. The van der Waals surface area contributed by atoms with E-state index >= 15 is 0 Å². The van der Waals surface area contributed by atoms with Crippen LogP contribution in [0.2, 0.25) is 0 Å². The van der Waals surface area contributed by atoms with Crippen LogP contribution in [-0.2, 0) is 19.6 Å². The Morgan fingerprint density at radius 2 is 1.96 bits per heavy atom. The quantitative estimate of drug-likeness (QED) is 0.844. The van der Waals surface area contributed by atoms with Gasteiger partial charge in [0.25, 0.3) is 0 Å². The lowest BCUT2D eigenvalue weighted by Gasteiger charge is -2.29. The number of carbonyl (C=O) groups excluding carboxylic acids is 1. The highest BCUT2D eigenvalue weighted by atomic mass is 32.2. The zero-order valence-electron chi connectivity index (χ0n) is 14.7. The SMILES string of the molecule is Cc1cc(C)cc(N([C@@H](C)C(=O)NC[C@@H]2CCCO2)S(C)(=O)=O)c1. The molecule has 1 aromatic carbocycles. The molecular formula is C17H26N2O4S. The van der Waals surface area contributed by atoms with Gasteiger partial charge >= 0.3 is 0 Å². The third-order valence-electron chi connectivity index (χ3n) is 4.08. The Balaban J connectivity index is 2.18. The molecule has 1 saturated heterocycles. The molecule has 0 aromatic heterocycles. The van der Waals surface area contributed by atoms with Crippen LogP contribution in [0.4, 0.5) is 5.69 Å². The first-order valence-corrected chi connectivity index (χ1v) is 10.0. The maximum atomic E-state index is 12.5. The normalized spacial score (nSPS) is 19.1. The second kappa shape index (κ2) is 7.53. The maximum absolute atomic E-state index is 12.5. The van der Waals surface area contributed by atoms with Crippen LogP contribution in [0.15, 0.2) is 18.2 Å². The van der Waals surface area contributed by atoms with Crippen LogP contribution in [0.5, 0.6) is 0 Å². The largest absolute Gasteiger partial charge is 0.376 e. The summed E-state index contributed by atoms with van der Waals surface area (Å²) in [5.41, 5.74) is 2.41. The van der Waals surface area contributed by atoms with Gasteiger partial charge in [0.1, 0.15) is 6.04 Å². The molecule has 0 saturated carbocycles. The predicted molar refractivity (Wildman–Crippen MR) is 94.7 cm³/mol. The average molecular weight is 354 g/mol. The van der Waals surface area contributed by atoms with Gasteiger partial charge in [0.2, 0.25) is 15.9 Å². The van der Waals surface area contributed by atoms with Crippen molar-refractivity contribution in [3.05, 3.63) is 29.3 Å². The average Bonchev–Trinajstić information content (AvgIpc) is 2.95. The van der Waals surface area contributed by atoms with Gasteiger partial charge in [0, 0.05) is 13.2 Å². The molecule has 1 heterocycles. The molecule has 1 aliphatic rings. The highest BCUT2D eigenvalue weighted by molar-refractivity contribution is 7.92. The van der Waals surface area contributed by atoms with Crippen molar-refractivity contribution in [2.45, 2.75) is 45.8 Å². The van der Waals surface area contributed by atoms with Crippen molar-refractivity contribution in [3.63, 3.8) is 0 Å². The summed E-state index contributed by atoms with van der Waals surface area (Å²) >= 11 is 0. The van der Waals surface area contributed by atoms with E-state index in [-0.39, 0.29) is 12.0 Å². The summed E-state index contributed by atoms with van der Waals surface area (Å²) in [5, 5.41) is 2.81. The van der Waals surface area contributed by atoms with Crippen molar-refractivity contribution in [1.82, 2.24) is 5.32 Å². The second-order valence-corrected chi connectivity index (χ2v) is 8.32. The highest BCUT2D eigenvalue weighted by Crippen LogP contribution is 2.24. The zero-order valence-corrected chi connectivity index (χ0v) is 15.5. The molecule has 134 valence electrons. The molecule has 1 fully saturated rings. The molecule has 0 unspecified atom stereocenters. The first-order chi connectivity index (χ1) is 11.2. The van der Waals surface area contributed by atoms with Gasteiger partial charge < -0.3 is 10.1 Å². The molecule has 2 rings (SSSR count). The van der Waals surface area contributed by atoms with Crippen molar-refractivity contribution in [1.29, 1.82) is 0 Å². The number of nitrogens with zero attached hydrogens (tertiary/aromatic N) is 1. The molecule has 6 nitrogen and oxygen atoms in total. The van der Waals surface area contributed by atoms with E-state index in [2.05, 4.69) is 5.32 Å². The van der Waals surface area contributed by atoms with E-state index in [0.717, 1.165) is 30.2 Å². The molecule has 7 heteroatoms. The minimum atomic E-state index is -3.59. The minimum absolute atomic E-state index is 0.0223. The summed E-state index contributed by atoms with van der Waals surface area (Å²) in [5.74, 6) is -0.324. The molecule has 0 spiro atoms. The van der Waals surface area contributed by atoms with Crippen LogP contribution >= 0.6 is 0 Å². The van der Waals surface area contributed by atoms with E-state index in [1.807, 2.05) is 19.9 Å². The van der Waals surface area contributed by atoms with Crippen LogP contribution in [-0.4, -0.2) is 45.9 Å². The topological polar surface area (TPSA) is 75.7 Å². The predicted octanol–water partition coefficient (Wildman–Crippen LogP) is 1.75. The zero-order chi connectivity index (χ0) is 17.9. The fraction of sp³-hybridized carbons (Fsp3) is 0.588. The third kappa shape index (κ3) is 4.70. The van der Waals surface area contributed by atoms with Crippen molar-refractivity contribution < 1.29 is 17.9 Å². The van der Waals surface area contributed by atoms with Crippen LogP contribution < -0.4 is 9.62 Å². The number of rotatable bonds is 6. The van der Waals surface area contributed by atoms with Gasteiger partial charge in [-0.1, -0.05) is 6.07 Å². The Kier molecular flexibility index (Phi) is 5.87. The Bertz CT molecular complexity index is 676. The van der Waals surface area contributed by atoms with Gasteiger partial charge in [-0.3, -0.25) is 9.10 Å². The van der Waals surface area contributed by atoms with Crippen LogP contribution in [0.25, 0.3) is 0 Å². The van der Waals surface area contributed by atoms with Gasteiger partial charge in [-0.25, -0.2) is 8.42 Å². The number of carbonyl (C=O) groups is 1. The molecule has 2 atom stereocenters. The van der Waals surface area contributed by atoms with E-state index in [4.69, 9.17) is 4.74 Å². The first kappa shape index (κ1) is 18.7. The Morgan fingerprint density at radius 1 is 1.33 bits per heavy atom. The van der Waals surface area contributed by atoms with E-state index in [9.17, 15) is 13.2 Å². The van der Waals surface area contributed by atoms with Gasteiger partial charge in [-0.2, -0.15) is 0 Å². The Hall–Kier alpha value is -1.60. The van der Waals surface area contributed by atoms with Crippen molar-refractivity contribution in [3.8, 4) is 0 Å². The van der Waals surface area contributed by atoms with E-state index in [1.165, 1.54) is 4.31 Å². The van der Waals surface area contributed by atoms with Gasteiger partial charge in [-0.15, -0.1) is 0 Å². The minimum Gasteiger partial charge on any atom is -0.376 e. The summed E-state index contributed by atoms with van der Waals surface area (Å²) in [6.45, 7) is 6.53. The van der Waals surface area contributed by atoms with Gasteiger partial charge in [-0.05, 0) is 56.9 Å². The van der Waals surface area contributed by atoms with Crippen molar-refractivity contribution in [2.24, 2.45) is 0 Å². The lowest BCUT2D eigenvalue weighted by molar-refractivity contribution is -0.122. The molecule has 1 aromatic rings. The number of hydrogen-bond acceptors (Lipinski definition) is 4. The molecule has 1 N–H and O–H groups in total. The molecule has 1 aliphatic heterocycles. The van der Waals surface area contributed by atoms with E-state index in [0.29, 0.717) is 18.8 Å². The monoisotopic (exact) mass is 354 g/mol. The smallest absolute Gasteiger partial charge is 0.243 e. The summed E-state index contributed by atoms with van der Waals surface area (Å²) in [6, 6.07) is 4.68. The van der Waals surface area contributed by atoms with Crippen LogP contribution in [0.3, 0.4) is 0 Å². The first-order valence-electron chi connectivity index (χ1n) is 8.15. The van der Waals surface area contributed by atoms with Crippen LogP contribution in [0.1, 0.15) is 30.9 Å². The molecule has 24 heavy (non-hydrogen) atoms. The summed E-state index contributed by atoms with van der Waals surface area (Å²) in [4.78, 5) is 12.5.